The summed E-state index contributed by atoms with van der Waals surface area (Å²) in [7, 11) is 0. The van der Waals surface area contributed by atoms with Gasteiger partial charge in [0, 0.05) is 6.92 Å². The molecule has 0 saturated carbocycles. The number of benzene rings is 2. The maximum Gasteiger partial charge on any atom is 0.266 e. The number of carbonyl (C=O) groups excluding carboxylic acids is 3. The normalized spacial score (nSPS) is 13.2. The van der Waals surface area contributed by atoms with E-state index in [4.69, 9.17) is 0 Å². The van der Waals surface area contributed by atoms with E-state index in [1.54, 1.807) is 24.3 Å². The molecule has 0 spiro atoms. The number of fused-ring (bicyclic) bond motifs is 1. The van der Waals surface area contributed by atoms with E-state index in [-0.39, 0.29) is 23.0 Å². The van der Waals surface area contributed by atoms with Crippen LogP contribution < -0.4 is 10.2 Å². The molecule has 6 nitrogen and oxygen atoms in total. The number of phenols is 1. The molecule has 0 atom stereocenters. The Bertz CT molecular complexity index is 779. The quantitative estimate of drug-likeness (QED) is 0.656. The molecule has 22 heavy (non-hydrogen) atoms. The molecule has 2 N–H and O–H groups in total. The number of hydrogen-bond donors (Lipinski definition) is 2. The van der Waals surface area contributed by atoms with Crippen LogP contribution in [0.25, 0.3) is 0 Å². The van der Waals surface area contributed by atoms with Crippen molar-refractivity contribution in [2.24, 2.45) is 0 Å². The first-order valence-corrected chi connectivity index (χ1v) is 6.57. The maximum absolute atomic E-state index is 12.4. The van der Waals surface area contributed by atoms with E-state index in [1.165, 1.54) is 25.1 Å². The molecule has 1 aliphatic rings. The highest BCUT2D eigenvalue weighted by Crippen LogP contribution is 2.33. The number of nitrogens with one attached hydrogen (secondary N) is 1. The van der Waals surface area contributed by atoms with Crippen molar-refractivity contribution in [2.45, 2.75) is 6.92 Å². The summed E-state index contributed by atoms with van der Waals surface area (Å²) in [5, 5.41) is 12.2. The topological polar surface area (TPSA) is 86.7 Å². The molecular weight excluding hydrogens is 284 g/mol. The van der Waals surface area contributed by atoms with Crippen LogP contribution in [0.2, 0.25) is 0 Å². The van der Waals surface area contributed by atoms with Crippen LogP contribution in [0.15, 0.2) is 42.5 Å². The molecule has 6 heteroatoms. The van der Waals surface area contributed by atoms with E-state index in [0.29, 0.717) is 11.1 Å². The summed E-state index contributed by atoms with van der Waals surface area (Å²) in [6, 6.07) is 10.7. The van der Waals surface area contributed by atoms with Gasteiger partial charge in [0.15, 0.2) is 0 Å². The zero-order valence-electron chi connectivity index (χ0n) is 11.7. The molecule has 3 amide bonds. The van der Waals surface area contributed by atoms with Gasteiger partial charge in [0.25, 0.3) is 11.8 Å². The standard InChI is InChI=1S/C16H12N2O4/c1-9(19)17-13-8-10(6-7-14(13)20)18-15(21)11-4-2-3-5-12(11)16(18)22/h2-8,20H,1H3,(H,17,19). The van der Waals surface area contributed by atoms with E-state index in [0.717, 1.165) is 4.90 Å². The SMILES string of the molecule is CC(=O)Nc1cc(N2C(=O)c3ccccc3C2=O)ccc1O. The fourth-order valence-corrected chi connectivity index (χ4v) is 2.38. The second kappa shape index (κ2) is 5.00. The lowest BCUT2D eigenvalue weighted by atomic mass is 10.1. The Morgan fingerprint density at radius 1 is 1.05 bits per heavy atom. The summed E-state index contributed by atoms with van der Waals surface area (Å²) in [6.07, 6.45) is 0. The van der Waals surface area contributed by atoms with E-state index >= 15 is 0 Å². The summed E-state index contributed by atoms with van der Waals surface area (Å²) in [5.41, 5.74) is 1.10. The van der Waals surface area contributed by atoms with Gasteiger partial charge >= 0.3 is 0 Å². The predicted molar refractivity (Wildman–Crippen MR) is 80.0 cm³/mol. The van der Waals surface area contributed by atoms with Crippen molar-refractivity contribution in [3.8, 4) is 5.75 Å². The van der Waals surface area contributed by atoms with Crippen LogP contribution in [0, 0.1) is 0 Å². The molecule has 0 saturated heterocycles. The zero-order valence-corrected chi connectivity index (χ0v) is 11.7. The van der Waals surface area contributed by atoms with Crippen LogP contribution in [-0.2, 0) is 4.79 Å². The molecule has 2 aromatic carbocycles. The first-order valence-electron chi connectivity index (χ1n) is 6.57. The van der Waals surface area contributed by atoms with Crippen molar-refractivity contribution in [1.82, 2.24) is 0 Å². The van der Waals surface area contributed by atoms with E-state index in [1.807, 2.05) is 0 Å². The number of anilines is 2. The van der Waals surface area contributed by atoms with Crippen molar-refractivity contribution >= 4 is 29.1 Å². The fourth-order valence-electron chi connectivity index (χ4n) is 2.38. The lowest BCUT2D eigenvalue weighted by Gasteiger charge is -2.16. The minimum Gasteiger partial charge on any atom is -0.506 e. The highest BCUT2D eigenvalue weighted by molar-refractivity contribution is 6.34. The molecular formula is C16H12N2O4. The number of carbonyl (C=O) groups is 3. The number of amides is 3. The van der Waals surface area contributed by atoms with Crippen LogP contribution in [0.3, 0.4) is 0 Å². The van der Waals surface area contributed by atoms with Gasteiger partial charge in [0.2, 0.25) is 5.91 Å². The molecule has 0 fully saturated rings. The van der Waals surface area contributed by atoms with Gasteiger partial charge in [-0.05, 0) is 30.3 Å². The lowest BCUT2D eigenvalue weighted by Crippen LogP contribution is -2.29. The minimum atomic E-state index is -0.430. The van der Waals surface area contributed by atoms with Crippen LogP contribution in [-0.4, -0.2) is 22.8 Å². The summed E-state index contributed by atoms with van der Waals surface area (Å²) >= 11 is 0. The van der Waals surface area contributed by atoms with Gasteiger partial charge in [-0.25, -0.2) is 4.90 Å². The third-order valence-electron chi connectivity index (χ3n) is 3.34. The second-order valence-electron chi connectivity index (χ2n) is 4.87. The number of imide groups is 1. The molecule has 1 heterocycles. The first kappa shape index (κ1) is 13.8. The van der Waals surface area contributed by atoms with Gasteiger partial charge in [-0.2, -0.15) is 0 Å². The van der Waals surface area contributed by atoms with Crippen molar-refractivity contribution < 1.29 is 19.5 Å². The molecule has 0 bridgehead atoms. The Morgan fingerprint density at radius 3 is 2.18 bits per heavy atom. The summed E-state index contributed by atoms with van der Waals surface area (Å²) in [4.78, 5) is 36.9. The summed E-state index contributed by atoms with van der Waals surface area (Å²) in [5.74, 6) is -1.37. The number of hydrogen-bond acceptors (Lipinski definition) is 4. The third-order valence-corrected chi connectivity index (χ3v) is 3.34. The predicted octanol–water partition coefficient (Wildman–Crippen LogP) is 2.15. The monoisotopic (exact) mass is 296 g/mol. The van der Waals surface area contributed by atoms with E-state index in [9.17, 15) is 19.5 Å². The smallest absolute Gasteiger partial charge is 0.266 e. The van der Waals surface area contributed by atoms with Crippen molar-refractivity contribution in [3.63, 3.8) is 0 Å². The summed E-state index contributed by atoms with van der Waals surface area (Å²) in [6.45, 7) is 1.30. The maximum atomic E-state index is 12.4. The van der Waals surface area contributed by atoms with Gasteiger partial charge in [-0.3, -0.25) is 14.4 Å². The van der Waals surface area contributed by atoms with Crippen molar-refractivity contribution in [2.75, 3.05) is 10.2 Å². The van der Waals surface area contributed by atoms with Gasteiger partial charge < -0.3 is 10.4 Å². The first-order chi connectivity index (χ1) is 10.5. The van der Waals surface area contributed by atoms with Gasteiger partial charge in [0.1, 0.15) is 5.75 Å². The largest absolute Gasteiger partial charge is 0.506 e. The number of rotatable bonds is 2. The molecule has 0 aromatic heterocycles. The number of aromatic hydroxyl groups is 1. The van der Waals surface area contributed by atoms with Gasteiger partial charge in [0.05, 0.1) is 22.5 Å². The second-order valence-corrected chi connectivity index (χ2v) is 4.87. The van der Waals surface area contributed by atoms with Crippen LogP contribution in [0.5, 0.6) is 5.75 Å². The van der Waals surface area contributed by atoms with Crippen molar-refractivity contribution in [3.05, 3.63) is 53.6 Å². The van der Waals surface area contributed by atoms with Crippen LogP contribution in [0.4, 0.5) is 11.4 Å². The molecule has 0 radical (unpaired) electrons. The van der Waals surface area contributed by atoms with Crippen molar-refractivity contribution in [1.29, 1.82) is 0 Å². The van der Waals surface area contributed by atoms with E-state index in [2.05, 4.69) is 5.32 Å². The minimum absolute atomic E-state index is 0.140. The van der Waals surface area contributed by atoms with Crippen LogP contribution >= 0.6 is 0 Å². The Hall–Kier alpha value is -3.15. The molecule has 2 aromatic rings. The lowest BCUT2D eigenvalue weighted by molar-refractivity contribution is -0.114. The third kappa shape index (κ3) is 2.10. The van der Waals surface area contributed by atoms with Crippen LogP contribution in [0.1, 0.15) is 27.6 Å². The Morgan fingerprint density at radius 2 is 1.64 bits per heavy atom. The number of nitrogens with zero attached hydrogens (tertiary/aromatic N) is 1. The van der Waals surface area contributed by atoms with Gasteiger partial charge in [-0.1, -0.05) is 12.1 Å². The molecule has 1 aliphatic heterocycles. The Kier molecular flexibility index (Phi) is 3.14. The molecule has 0 aliphatic carbocycles. The number of phenolic OH excluding ortho intramolecular Hbond substituents is 1. The van der Waals surface area contributed by atoms with E-state index < -0.39 is 11.8 Å². The summed E-state index contributed by atoms with van der Waals surface area (Å²) < 4.78 is 0. The zero-order chi connectivity index (χ0) is 15.9. The Labute approximate surface area is 126 Å². The molecule has 110 valence electrons. The highest BCUT2D eigenvalue weighted by atomic mass is 16.3. The molecule has 0 unspecified atom stereocenters. The Balaban J connectivity index is 2.04. The highest BCUT2D eigenvalue weighted by Gasteiger charge is 2.36. The molecule has 3 rings (SSSR count). The average molecular weight is 296 g/mol. The average Bonchev–Trinajstić information content (AvgIpc) is 2.74. The fraction of sp³-hybridized carbons (Fsp3) is 0.0625. The van der Waals surface area contributed by atoms with Gasteiger partial charge in [-0.15, -0.1) is 0 Å².